The standard InChI is InChI=1S/C23H24BrN5O3S/c1-15(2)13-29-22(17-6-8-18(24)9-7-17)27-28-23(29)33-14-21(30)26-25-12-16-5-10-19(31-3)20(11-16)32-4/h5-12H,1,13-14H2,2-4H3,(H,26,30)/b25-12+. The summed E-state index contributed by atoms with van der Waals surface area (Å²) in [5, 5.41) is 13.3. The Bertz CT molecular complexity index is 1160. The summed E-state index contributed by atoms with van der Waals surface area (Å²) >= 11 is 4.73. The van der Waals surface area contributed by atoms with E-state index < -0.39 is 0 Å². The van der Waals surface area contributed by atoms with Crippen molar-refractivity contribution in [1.82, 2.24) is 20.2 Å². The van der Waals surface area contributed by atoms with Crippen molar-refractivity contribution in [3.05, 3.63) is 64.7 Å². The molecular formula is C23H24BrN5O3S. The monoisotopic (exact) mass is 529 g/mol. The van der Waals surface area contributed by atoms with Crippen molar-refractivity contribution >= 4 is 39.8 Å². The molecule has 0 saturated heterocycles. The van der Waals surface area contributed by atoms with Gasteiger partial charge < -0.3 is 9.47 Å². The number of methoxy groups -OCH3 is 2. The Hall–Kier alpha value is -3.11. The first-order chi connectivity index (χ1) is 15.9. The molecule has 0 radical (unpaired) electrons. The molecule has 8 nitrogen and oxygen atoms in total. The van der Waals surface area contributed by atoms with Gasteiger partial charge in [0.1, 0.15) is 0 Å². The smallest absolute Gasteiger partial charge is 0.250 e. The molecule has 1 N–H and O–H groups in total. The maximum Gasteiger partial charge on any atom is 0.250 e. The molecule has 0 fully saturated rings. The number of ether oxygens (including phenoxy) is 2. The van der Waals surface area contributed by atoms with Crippen LogP contribution in [0.5, 0.6) is 11.5 Å². The van der Waals surface area contributed by atoms with Gasteiger partial charge in [-0.2, -0.15) is 5.10 Å². The fraction of sp³-hybridized carbons (Fsp3) is 0.217. The molecule has 0 spiro atoms. The minimum atomic E-state index is -0.258. The topological polar surface area (TPSA) is 90.6 Å². The predicted octanol–water partition coefficient (Wildman–Crippen LogP) is 4.54. The number of rotatable bonds is 10. The summed E-state index contributed by atoms with van der Waals surface area (Å²) in [4.78, 5) is 12.3. The van der Waals surface area contributed by atoms with Gasteiger partial charge in [0.25, 0.3) is 5.91 Å². The second-order valence-corrected chi connectivity index (χ2v) is 8.91. The minimum Gasteiger partial charge on any atom is -0.493 e. The molecule has 1 heterocycles. The number of carbonyl (C=O) groups excluding carboxylic acids is 1. The van der Waals surface area contributed by atoms with E-state index in [9.17, 15) is 4.79 Å². The van der Waals surface area contributed by atoms with Gasteiger partial charge in [0.2, 0.25) is 0 Å². The SMILES string of the molecule is C=C(C)Cn1c(SCC(=O)N/N=C/c2ccc(OC)c(OC)c2)nnc1-c1ccc(Br)cc1. The predicted molar refractivity (Wildman–Crippen MR) is 134 cm³/mol. The first-order valence-electron chi connectivity index (χ1n) is 9.91. The van der Waals surface area contributed by atoms with E-state index in [-0.39, 0.29) is 11.7 Å². The number of thioether (sulfide) groups is 1. The minimum absolute atomic E-state index is 0.137. The van der Waals surface area contributed by atoms with Gasteiger partial charge >= 0.3 is 0 Å². The molecule has 1 amide bonds. The van der Waals surface area contributed by atoms with Crippen molar-refractivity contribution < 1.29 is 14.3 Å². The van der Waals surface area contributed by atoms with Crippen molar-refractivity contribution in [3.8, 4) is 22.9 Å². The molecule has 0 aliphatic rings. The lowest BCUT2D eigenvalue weighted by Crippen LogP contribution is -2.20. The van der Waals surface area contributed by atoms with Crippen LogP contribution in [0, 0.1) is 0 Å². The summed E-state index contributed by atoms with van der Waals surface area (Å²) in [5.41, 5.74) is 5.19. The summed E-state index contributed by atoms with van der Waals surface area (Å²) in [5.74, 6) is 1.81. The third-order valence-electron chi connectivity index (χ3n) is 4.39. The van der Waals surface area contributed by atoms with E-state index in [1.165, 1.54) is 11.8 Å². The largest absolute Gasteiger partial charge is 0.493 e. The molecule has 1 aromatic heterocycles. The summed E-state index contributed by atoms with van der Waals surface area (Å²) in [6, 6.07) is 13.2. The molecule has 0 atom stereocenters. The van der Waals surface area contributed by atoms with Crippen LogP contribution in [-0.4, -0.2) is 46.9 Å². The number of hydrogen-bond acceptors (Lipinski definition) is 7. The van der Waals surface area contributed by atoms with Gasteiger partial charge in [-0.15, -0.1) is 10.2 Å². The lowest BCUT2D eigenvalue weighted by molar-refractivity contribution is -0.118. The van der Waals surface area contributed by atoms with E-state index in [2.05, 4.69) is 43.2 Å². The molecule has 10 heteroatoms. The highest BCUT2D eigenvalue weighted by molar-refractivity contribution is 9.10. The average molecular weight is 530 g/mol. The number of aromatic nitrogens is 3. The molecule has 33 heavy (non-hydrogen) atoms. The first kappa shape index (κ1) is 24.5. The van der Waals surface area contributed by atoms with Crippen LogP contribution in [0.2, 0.25) is 0 Å². The van der Waals surface area contributed by atoms with Gasteiger partial charge in [0.15, 0.2) is 22.5 Å². The van der Waals surface area contributed by atoms with E-state index >= 15 is 0 Å². The molecule has 0 bridgehead atoms. The highest BCUT2D eigenvalue weighted by atomic mass is 79.9. The number of hydrogen-bond donors (Lipinski definition) is 1. The number of halogens is 1. The quantitative estimate of drug-likeness (QED) is 0.179. The Morgan fingerprint density at radius 2 is 1.91 bits per heavy atom. The summed E-state index contributed by atoms with van der Waals surface area (Å²) in [7, 11) is 3.13. The summed E-state index contributed by atoms with van der Waals surface area (Å²) in [6.07, 6.45) is 1.54. The van der Waals surface area contributed by atoms with E-state index in [1.54, 1.807) is 32.6 Å². The van der Waals surface area contributed by atoms with Crippen LogP contribution in [0.4, 0.5) is 0 Å². The third-order valence-corrected chi connectivity index (χ3v) is 5.89. The van der Waals surface area contributed by atoms with Crippen LogP contribution in [0.15, 0.2) is 69.3 Å². The number of hydrazone groups is 1. The zero-order valence-corrected chi connectivity index (χ0v) is 20.9. The van der Waals surface area contributed by atoms with Crippen LogP contribution >= 0.6 is 27.7 Å². The number of benzene rings is 2. The van der Waals surface area contributed by atoms with Crippen molar-refractivity contribution in [3.63, 3.8) is 0 Å². The Morgan fingerprint density at radius 1 is 1.18 bits per heavy atom. The van der Waals surface area contributed by atoms with Crippen molar-refractivity contribution in [1.29, 1.82) is 0 Å². The second kappa shape index (κ2) is 11.7. The number of allylic oxidation sites excluding steroid dienone is 1. The van der Waals surface area contributed by atoms with Gasteiger partial charge in [0.05, 0.1) is 26.2 Å². The molecule has 3 aromatic rings. The Labute approximate surface area is 205 Å². The second-order valence-electron chi connectivity index (χ2n) is 7.05. The van der Waals surface area contributed by atoms with Crippen LogP contribution < -0.4 is 14.9 Å². The Kier molecular flexibility index (Phi) is 8.67. The summed E-state index contributed by atoms with van der Waals surface area (Å²) in [6.45, 7) is 6.49. The molecule has 0 unspecified atom stereocenters. The van der Waals surface area contributed by atoms with Crippen molar-refractivity contribution in [2.24, 2.45) is 5.10 Å². The van der Waals surface area contributed by atoms with E-state index in [4.69, 9.17) is 9.47 Å². The van der Waals surface area contributed by atoms with E-state index in [0.717, 1.165) is 27.0 Å². The van der Waals surface area contributed by atoms with Crippen LogP contribution in [0.3, 0.4) is 0 Å². The molecule has 0 saturated carbocycles. The van der Waals surface area contributed by atoms with Crippen LogP contribution in [0.1, 0.15) is 12.5 Å². The lowest BCUT2D eigenvalue weighted by Gasteiger charge is -2.10. The third kappa shape index (κ3) is 6.69. The van der Waals surface area contributed by atoms with Crippen molar-refractivity contribution in [2.45, 2.75) is 18.6 Å². The average Bonchev–Trinajstić information content (AvgIpc) is 3.19. The Balaban J connectivity index is 1.64. The zero-order valence-electron chi connectivity index (χ0n) is 18.5. The number of amides is 1. The molecule has 0 aliphatic heterocycles. The van der Waals surface area contributed by atoms with Crippen molar-refractivity contribution in [2.75, 3.05) is 20.0 Å². The van der Waals surface area contributed by atoms with Gasteiger partial charge in [-0.1, -0.05) is 52.0 Å². The number of carbonyl (C=O) groups is 1. The molecule has 0 aliphatic carbocycles. The highest BCUT2D eigenvalue weighted by Gasteiger charge is 2.16. The molecule has 3 rings (SSSR count). The zero-order chi connectivity index (χ0) is 23.8. The fourth-order valence-electron chi connectivity index (χ4n) is 2.89. The van der Waals surface area contributed by atoms with Gasteiger partial charge in [-0.05, 0) is 42.8 Å². The van der Waals surface area contributed by atoms with Crippen LogP contribution in [0.25, 0.3) is 11.4 Å². The normalized spacial score (nSPS) is 10.9. The van der Waals surface area contributed by atoms with Gasteiger partial charge in [0, 0.05) is 16.6 Å². The number of nitrogens with one attached hydrogen (secondary N) is 1. The molecule has 172 valence electrons. The van der Waals surface area contributed by atoms with Gasteiger partial charge in [-0.25, -0.2) is 5.43 Å². The lowest BCUT2D eigenvalue weighted by atomic mass is 10.2. The van der Waals surface area contributed by atoms with E-state index in [0.29, 0.717) is 23.2 Å². The van der Waals surface area contributed by atoms with Gasteiger partial charge in [-0.3, -0.25) is 9.36 Å². The molecular weight excluding hydrogens is 506 g/mol. The first-order valence-corrected chi connectivity index (χ1v) is 11.7. The maximum absolute atomic E-state index is 12.3. The fourth-order valence-corrected chi connectivity index (χ4v) is 3.89. The number of nitrogens with zero attached hydrogens (tertiary/aromatic N) is 4. The van der Waals surface area contributed by atoms with Crippen LogP contribution in [-0.2, 0) is 11.3 Å². The molecule has 2 aromatic carbocycles. The highest BCUT2D eigenvalue weighted by Crippen LogP contribution is 2.27. The van der Waals surface area contributed by atoms with E-state index in [1.807, 2.05) is 41.8 Å². The Morgan fingerprint density at radius 3 is 2.58 bits per heavy atom. The maximum atomic E-state index is 12.3. The summed E-state index contributed by atoms with van der Waals surface area (Å²) < 4.78 is 13.4.